The lowest BCUT2D eigenvalue weighted by molar-refractivity contribution is 0.168. The highest BCUT2D eigenvalue weighted by Gasteiger charge is 2.16. The summed E-state index contributed by atoms with van der Waals surface area (Å²) in [6, 6.07) is 11.5. The van der Waals surface area contributed by atoms with E-state index in [1.807, 2.05) is 31.2 Å². The molecule has 7 nitrogen and oxygen atoms in total. The maximum atomic E-state index is 11.8. The zero-order valence-corrected chi connectivity index (χ0v) is 15.2. The third-order valence-corrected chi connectivity index (χ3v) is 4.21. The van der Waals surface area contributed by atoms with Crippen LogP contribution in [-0.4, -0.2) is 23.9 Å². The third kappa shape index (κ3) is 4.48. The van der Waals surface area contributed by atoms with Crippen LogP contribution in [0.15, 0.2) is 52.2 Å². The highest BCUT2D eigenvalue weighted by molar-refractivity contribution is 7.20. The zero-order chi connectivity index (χ0) is 18.4. The number of aryl methyl sites for hydroxylation is 1. The Hall–Kier alpha value is -3.13. The Balaban J connectivity index is 1.84. The SMILES string of the molecule is CCOC(=O)Nc1sc(N/N=C/c2ccco2)nc1-c1ccc(C)cc1. The smallest absolute Gasteiger partial charge is 0.412 e. The van der Waals surface area contributed by atoms with Crippen LogP contribution in [0.2, 0.25) is 0 Å². The van der Waals surface area contributed by atoms with Gasteiger partial charge in [0.05, 0.1) is 19.1 Å². The fraction of sp³-hybridized carbons (Fsp3) is 0.167. The fourth-order valence-electron chi connectivity index (χ4n) is 2.14. The van der Waals surface area contributed by atoms with Crippen molar-refractivity contribution in [1.29, 1.82) is 0 Å². The first-order valence-electron chi connectivity index (χ1n) is 8.00. The standard InChI is InChI=1S/C18H18N4O3S/c1-3-24-18(23)21-16-15(13-8-6-12(2)7-9-13)20-17(26-16)22-19-11-14-5-4-10-25-14/h4-11H,3H2,1-2H3,(H,20,22)(H,21,23)/b19-11+. The monoisotopic (exact) mass is 370 g/mol. The number of nitrogens with one attached hydrogen (secondary N) is 2. The van der Waals surface area contributed by atoms with E-state index in [0.29, 0.717) is 28.2 Å². The second-order valence-corrected chi connectivity index (χ2v) is 6.29. The van der Waals surface area contributed by atoms with Crippen LogP contribution >= 0.6 is 11.3 Å². The van der Waals surface area contributed by atoms with Gasteiger partial charge >= 0.3 is 6.09 Å². The van der Waals surface area contributed by atoms with Gasteiger partial charge in [-0.3, -0.25) is 10.7 Å². The average molecular weight is 370 g/mol. The van der Waals surface area contributed by atoms with Crippen molar-refractivity contribution in [1.82, 2.24) is 4.98 Å². The number of carbonyl (C=O) groups is 1. The summed E-state index contributed by atoms with van der Waals surface area (Å²) in [6.45, 7) is 4.06. The molecule has 3 aromatic rings. The van der Waals surface area contributed by atoms with Crippen LogP contribution in [-0.2, 0) is 4.74 Å². The van der Waals surface area contributed by atoms with E-state index in [9.17, 15) is 4.79 Å². The Morgan fingerprint density at radius 2 is 2.15 bits per heavy atom. The fourth-order valence-corrected chi connectivity index (χ4v) is 2.96. The molecule has 26 heavy (non-hydrogen) atoms. The predicted octanol–water partition coefficient (Wildman–Crippen LogP) is 4.73. The molecule has 0 fully saturated rings. The van der Waals surface area contributed by atoms with E-state index in [1.165, 1.54) is 11.3 Å². The van der Waals surface area contributed by atoms with Gasteiger partial charge in [0.15, 0.2) is 0 Å². The van der Waals surface area contributed by atoms with Crippen LogP contribution in [0.5, 0.6) is 0 Å². The number of anilines is 2. The first kappa shape index (κ1) is 17.7. The van der Waals surface area contributed by atoms with Crippen LogP contribution in [0.25, 0.3) is 11.3 Å². The first-order valence-corrected chi connectivity index (χ1v) is 8.81. The number of ether oxygens (including phenoxy) is 1. The Bertz CT molecular complexity index is 886. The lowest BCUT2D eigenvalue weighted by atomic mass is 10.1. The summed E-state index contributed by atoms with van der Waals surface area (Å²) >= 11 is 1.27. The number of carbonyl (C=O) groups excluding carboxylic acids is 1. The summed E-state index contributed by atoms with van der Waals surface area (Å²) in [5.41, 5.74) is 5.54. The molecule has 1 aromatic carbocycles. The van der Waals surface area contributed by atoms with E-state index in [0.717, 1.165) is 11.1 Å². The number of hydrogen-bond acceptors (Lipinski definition) is 7. The van der Waals surface area contributed by atoms with Gasteiger partial charge in [0.2, 0.25) is 5.13 Å². The van der Waals surface area contributed by atoms with Crippen molar-refractivity contribution in [3.8, 4) is 11.3 Å². The van der Waals surface area contributed by atoms with Crippen molar-refractivity contribution in [2.24, 2.45) is 5.10 Å². The molecule has 0 saturated carbocycles. The molecule has 134 valence electrons. The van der Waals surface area contributed by atoms with Gasteiger partial charge in [0, 0.05) is 5.56 Å². The topological polar surface area (TPSA) is 88.8 Å². The second-order valence-electron chi connectivity index (χ2n) is 5.29. The Kier molecular flexibility index (Phi) is 5.65. The van der Waals surface area contributed by atoms with E-state index in [4.69, 9.17) is 9.15 Å². The summed E-state index contributed by atoms with van der Waals surface area (Å²) in [6.07, 6.45) is 2.60. The molecular weight excluding hydrogens is 352 g/mol. The van der Waals surface area contributed by atoms with Crippen molar-refractivity contribution in [2.45, 2.75) is 13.8 Å². The van der Waals surface area contributed by atoms with Gasteiger partial charge in [-0.15, -0.1) is 0 Å². The number of rotatable bonds is 6. The van der Waals surface area contributed by atoms with Crippen molar-refractivity contribution >= 4 is 33.8 Å². The zero-order valence-electron chi connectivity index (χ0n) is 14.4. The molecule has 0 aliphatic heterocycles. The molecule has 0 unspecified atom stereocenters. The summed E-state index contributed by atoms with van der Waals surface area (Å²) < 4.78 is 10.1. The maximum Gasteiger partial charge on any atom is 0.412 e. The van der Waals surface area contributed by atoms with Crippen molar-refractivity contribution in [3.05, 3.63) is 54.0 Å². The van der Waals surface area contributed by atoms with Gasteiger partial charge in [0.25, 0.3) is 0 Å². The normalized spacial score (nSPS) is 10.8. The molecule has 0 saturated heterocycles. The number of nitrogens with zero attached hydrogens (tertiary/aromatic N) is 2. The summed E-state index contributed by atoms with van der Waals surface area (Å²) in [4.78, 5) is 16.3. The minimum atomic E-state index is -0.518. The quantitative estimate of drug-likeness (QED) is 0.484. The number of amides is 1. The van der Waals surface area contributed by atoms with Crippen LogP contribution in [0.3, 0.4) is 0 Å². The summed E-state index contributed by atoms with van der Waals surface area (Å²) in [5, 5.41) is 7.95. The van der Waals surface area contributed by atoms with Crippen molar-refractivity contribution in [3.63, 3.8) is 0 Å². The third-order valence-electron chi connectivity index (χ3n) is 3.34. The molecule has 3 rings (SSSR count). The Labute approximate surface area is 154 Å². The molecule has 0 atom stereocenters. The number of benzene rings is 1. The average Bonchev–Trinajstić information content (AvgIpc) is 3.26. The largest absolute Gasteiger partial charge is 0.463 e. The van der Waals surface area contributed by atoms with E-state index in [-0.39, 0.29) is 0 Å². The molecule has 8 heteroatoms. The Morgan fingerprint density at radius 1 is 1.35 bits per heavy atom. The van der Waals surface area contributed by atoms with Gasteiger partial charge in [-0.05, 0) is 26.0 Å². The van der Waals surface area contributed by atoms with Gasteiger partial charge in [-0.1, -0.05) is 41.2 Å². The van der Waals surface area contributed by atoms with Crippen LogP contribution in [0, 0.1) is 6.92 Å². The van der Waals surface area contributed by atoms with Gasteiger partial charge in [-0.2, -0.15) is 5.10 Å². The highest BCUT2D eigenvalue weighted by atomic mass is 32.1. The van der Waals surface area contributed by atoms with Gasteiger partial charge in [-0.25, -0.2) is 9.78 Å². The molecule has 2 heterocycles. The Morgan fingerprint density at radius 3 is 2.85 bits per heavy atom. The summed E-state index contributed by atoms with van der Waals surface area (Å²) in [5.74, 6) is 0.623. The van der Waals surface area contributed by atoms with Crippen LogP contribution in [0.1, 0.15) is 18.2 Å². The number of aromatic nitrogens is 1. The molecule has 1 amide bonds. The van der Waals surface area contributed by atoms with E-state index in [1.54, 1.807) is 31.5 Å². The number of thiazole rings is 1. The summed E-state index contributed by atoms with van der Waals surface area (Å²) in [7, 11) is 0. The maximum absolute atomic E-state index is 11.8. The minimum absolute atomic E-state index is 0.295. The van der Waals surface area contributed by atoms with E-state index < -0.39 is 6.09 Å². The first-order chi connectivity index (χ1) is 12.7. The molecule has 0 aliphatic carbocycles. The van der Waals surface area contributed by atoms with E-state index >= 15 is 0 Å². The highest BCUT2D eigenvalue weighted by Crippen LogP contribution is 2.36. The van der Waals surface area contributed by atoms with E-state index in [2.05, 4.69) is 20.8 Å². The molecule has 0 spiro atoms. The molecule has 0 aliphatic rings. The molecule has 2 N–H and O–H groups in total. The predicted molar refractivity (Wildman–Crippen MR) is 103 cm³/mol. The molecular formula is C18H18N4O3S. The number of hydrazone groups is 1. The van der Waals surface area contributed by atoms with Crippen molar-refractivity contribution in [2.75, 3.05) is 17.3 Å². The lowest BCUT2D eigenvalue weighted by Crippen LogP contribution is -2.12. The number of furan rings is 1. The molecule has 2 aromatic heterocycles. The lowest BCUT2D eigenvalue weighted by Gasteiger charge is -2.05. The van der Waals surface area contributed by atoms with Gasteiger partial charge in [0.1, 0.15) is 16.5 Å². The van der Waals surface area contributed by atoms with Gasteiger partial charge < -0.3 is 9.15 Å². The van der Waals surface area contributed by atoms with Crippen LogP contribution in [0.4, 0.5) is 14.9 Å². The van der Waals surface area contributed by atoms with Crippen LogP contribution < -0.4 is 10.7 Å². The molecule has 0 bridgehead atoms. The number of hydrogen-bond donors (Lipinski definition) is 2. The minimum Gasteiger partial charge on any atom is -0.463 e. The second kappa shape index (κ2) is 8.30. The molecule has 0 radical (unpaired) electrons. The van der Waals surface area contributed by atoms with Crippen molar-refractivity contribution < 1.29 is 13.9 Å².